The molecule has 0 aliphatic carbocycles. The van der Waals surface area contributed by atoms with E-state index in [1.54, 1.807) is 45.0 Å². The zero-order chi connectivity index (χ0) is 33.6. The van der Waals surface area contributed by atoms with Crippen molar-refractivity contribution in [2.75, 3.05) is 31.9 Å². The predicted octanol–water partition coefficient (Wildman–Crippen LogP) is 3.88. The van der Waals surface area contributed by atoms with E-state index in [-0.39, 0.29) is 35.4 Å². The molecule has 0 bridgehead atoms. The number of carbonyl (C=O) groups excluding carboxylic acids is 2. The van der Waals surface area contributed by atoms with Gasteiger partial charge in [0.1, 0.15) is 28.5 Å². The maximum Gasteiger partial charge on any atom is 0.266 e. The van der Waals surface area contributed by atoms with Crippen LogP contribution in [-0.2, 0) is 18.4 Å². The molecule has 7 rings (SSSR count). The Morgan fingerprint density at radius 3 is 2.58 bits per heavy atom. The van der Waals surface area contributed by atoms with Gasteiger partial charge in [0, 0.05) is 62.3 Å². The Morgan fingerprint density at radius 1 is 1.06 bits per heavy atom. The highest BCUT2D eigenvalue weighted by Gasteiger charge is 2.42. The van der Waals surface area contributed by atoms with Crippen LogP contribution in [-0.4, -0.2) is 77.6 Å². The van der Waals surface area contributed by atoms with Crippen LogP contribution in [0.25, 0.3) is 21.5 Å². The molecule has 2 amide bonds. The van der Waals surface area contributed by atoms with Crippen LogP contribution < -0.4 is 11.3 Å². The lowest BCUT2D eigenvalue weighted by atomic mass is 9.79. The summed E-state index contributed by atoms with van der Waals surface area (Å²) in [4.78, 5) is 53.3. The lowest BCUT2D eigenvalue weighted by molar-refractivity contribution is -0.142. The van der Waals surface area contributed by atoms with Crippen molar-refractivity contribution in [1.29, 1.82) is 0 Å². The van der Waals surface area contributed by atoms with Crippen LogP contribution in [0.1, 0.15) is 40.4 Å². The summed E-state index contributed by atoms with van der Waals surface area (Å²) in [6, 6.07) is 16.1. The van der Waals surface area contributed by atoms with Crippen LogP contribution in [0.4, 0.5) is 10.2 Å². The first kappa shape index (κ1) is 31.7. The molecule has 3 N–H and O–H groups in total. The zero-order valence-electron chi connectivity index (χ0n) is 26.5. The number of nitrogens with two attached hydrogens (primary N) is 1. The molecule has 4 aromatic heterocycles. The van der Waals surface area contributed by atoms with Gasteiger partial charge in [0.2, 0.25) is 5.91 Å². The lowest BCUT2D eigenvalue weighted by Gasteiger charge is -2.43. The topological polar surface area (TPSA) is 140 Å². The molecule has 5 aromatic rings. The summed E-state index contributed by atoms with van der Waals surface area (Å²) in [6.45, 7) is 1.35. The van der Waals surface area contributed by atoms with E-state index in [2.05, 4.69) is 9.97 Å². The number of nitrogens with zero attached hydrogens (tertiary/aromatic N) is 6. The molecule has 2 atom stereocenters. The standard InChI is InChI=1S/C35H36FN7O4S/c1-40-13-8-25-31(40)39-21-43(33(25)45)20-35(47)10-15-41(16-11-35)32(44)24-9-14-42(19-26(24)22-5-3-2-4-6-22)34(46)30-27(36)18-28(48-30)23-7-12-38-29(37)17-23/h2-8,12-13,17-18,21,24,26,47H,9-11,14-16,19-20H2,1H3,(H2,37,38)/t24-,26+/m1/s1. The fraction of sp³-hybridized carbons (Fsp3) is 0.343. The fourth-order valence-electron chi connectivity index (χ4n) is 7.02. The molecule has 13 heteroatoms. The molecule has 0 saturated carbocycles. The van der Waals surface area contributed by atoms with Crippen LogP contribution in [0.2, 0.25) is 0 Å². The average Bonchev–Trinajstić information content (AvgIpc) is 3.68. The number of pyridine rings is 1. The number of likely N-dealkylation sites (tertiary alicyclic amines) is 2. The molecule has 2 fully saturated rings. The normalized spacial score (nSPS) is 19.5. The number of anilines is 1. The quantitative estimate of drug-likeness (QED) is 0.280. The number of aliphatic hydroxyl groups is 1. The van der Waals surface area contributed by atoms with Crippen LogP contribution in [0.5, 0.6) is 0 Å². The SMILES string of the molecule is Cn1ccc2c(=O)n(CC3(O)CCN(C(=O)[C@@H]4CCN(C(=O)c5sc(-c6ccnc(N)c6)cc5F)C[C@H]4c4ccccc4)CC3)cnc21. The molecule has 2 saturated heterocycles. The second-order valence-corrected chi connectivity index (χ2v) is 13.9. The maximum atomic E-state index is 15.2. The molecule has 48 heavy (non-hydrogen) atoms. The Balaban J connectivity index is 1.05. The summed E-state index contributed by atoms with van der Waals surface area (Å²) in [5, 5.41) is 12.0. The van der Waals surface area contributed by atoms with Gasteiger partial charge in [-0.2, -0.15) is 0 Å². The van der Waals surface area contributed by atoms with Gasteiger partial charge in [0.05, 0.1) is 17.5 Å². The van der Waals surface area contributed by atoms with Gasteiger partial charge in [-0.05, 0) is 54.7 Å². The van der Waals surface area contributed by atoms with Gasteiger partial charge in [0.15, 0.2) is 0 Å². The van der Waals surface area contributed by atoms with Gasteiger partial charge >= 0.3 is 0 Å². The highest BCUT2D eigenvalue weighted by Crippen LogP contribution is 2.38. The van der Waals surface area contributed by atoms with Crippen LogP contribution >= 0.6 is 11.3 Å². The summed E-state index contributed by atoms with van der Waals surface area (Å²) < 4.78 is 18.4. The van der Waals surface area contributed by atoms with Gasteiger partial charge in [-0.15, -0.1) is 11.3 Å². The van der Waals surface area contributed by atoms with Crippen molar-refractivity contribution in [1.82, 2.24) is 28.9 Å². The zero-order valence-corrected chi connectivity index (χ0v) is 27.3. The number of nitrogen functional groups attached to an aromatic ring is 1. The molecular weight excluding hydrogens is 633 g/mol. The minimum Gasteiger partial charge on any atom is -0.388 e. The maximum absolute atomic E-state index is 15.2. The Kier molecular flexibility index (Phi) is 8.34. The number of halogens is 1. The van der Waals surface area contributed by atoms with Crippen molar-refractivity contribution in [2.45, 2.75) is 37.3 Å². The number of amides is 2. The van der Waals surface area contributed by atoms with Crippen molar-refractivity contribution < 1.29 is 19.1 Å². The van der Waals surface area contributed by atoms with E-state index >= 15 is 4.39 Å². The Hall–Kier alpha value is -4.88. The number of piperidine rings is 2. The second kappa shape index (κ2) is 12.6. The third-order valence-electron chi connectivity index (χ3n) is 9.71. The third-order valence-corrected chi connectivity index (χ3v) is 10.9. The summed E-state index contributed by atoms with van der Waals surface area (Å²) in [6.07, 6.45) is 5.84. The fourth-order valence-corrected chi connectivity index (χ4v) is 8.02. The minimum absolute atomic E-state index is 0.0213. The number of carbonyl (C=O) groups is 2. The average molecular weight is 670 g/mol. The molecule has 1 aromatic carbocycles. The number of benzene rings is 1. The van der Waals surface area contributed by atoms with Crippen molar-refractivity contribution in [2.24, 2.45) is 13.0 Å². The Morgan fingerprint density at radius 2 is 1.83 bits per heavy atom. The predicted molar refractivity (Wildman–Crippen MR) is 181 cm³/mol. The molecule has 0 radical (unpaired) electrons. The lowest BCUT2D eigenvalue weighted by Crippen LogP contribution is -2.53. The molecule has 2 aliphatic rings. The van der Waals surface area contributed by atoms with Crippen LogP contribution in [0.15, 0.2) is 78.1 Å². The largest absolute Gasteiger partial charge is 0.388 e. The van der Waals surface area contributed by atoms with Gasteiger partial charge < -0.3 is 25.2 Å². The number of fused-ring (bicyclic) bond motifs is 1. The van der Waals surface area contributed by atoms with E-state index in [1.807, 2.05) is 37.4 Å². The third kappa shape index (κ3) is 5.99. The van der Waals surface area contributed by atoms with Gasteiger partial charge in [0.25, 0.3) is 11.5 Å². The van der Waals surface area contributed by atoms with Crippen molar-refractivity contribution >= 4 is 40.0 Å². The monoisotopic (exact) mass is 669 g/mol. The Bertz CT molecular complexity index is 2050. The summed E-state index contributed by atoms with van der Waals surface area (Å²) in [5.41, 5.74) is 6.65. The van der Waals surface area contributed by atoms with Crippen LogP contribution in [0, 0.1) is 11.7 Å². The minimum atomic E-state index is -1.16. The van der Waals surface area contributed by atoms with Crippen molar-refractivity contribution in [3.05, 3.63) is 99.9 Å². The number of hydrogen-bond donors (Lipinski definition) is 2. The number of aryl methyl sites for hydroxylation is 1. The van der Waals surface area contributed by atoms with E-state index in [0.29, 0.717) is 66.2 Å². The van der Waals surface area contributed by atoms with E-state index in [1.165, 1.54) is 17.0 Å². The van der Waals surface area contributed by atoms with E-state index in [0.717, 1.165) is 16.9 Å². The molecule has 11 nitrogen and oxygen atoms in total. The van der Waals surface area contributed by atoms with Crippen molar-refractivity contribution in [3.8, 4) is 10.4 Å². The highest BCUT2D eigenvalue weighted by atomic mass is 32.1. The molecule has 6 heterocycles. The summed E-state index contributed by atoms with van der Waals surface area (Å²) in [7, 11) is 1.82. The van der Waals surface area contributed by atoms with Gasteiger partial charge in [-0.1, -0.05) is 30.3 Å². The van der Waals surface area contributed by atoms with E-state index < -0.39 is 23.2 Å². The number of hydrogen-bond acceptors (Lipinski definition) is 8. The number of thiophene rings is 1. The first-order valence-corrected chi connectivity index (χ1v) is 16.8. The molecular formula is C35H36FN7O4S. The number of aromatic nitrogens is 4. The van der Waals surface area contributed by atoms with E-state index in [9.17, 15) is 19.5 Å². The molecule has 2 aliphatic heterocycles. The van der Waals surface area contributed by atoms with Gasteiger partial charge in [-0.3, -0.25) is 19.0 Å². The number of rotatable bonds is 6. The summed E-state index contributed by atoms with van der Waals surface area (Å²) >= 11 is 1.08. The molecule has 248 valence electrons. The van der Waals surface area contributed by atoms with E-state index in [4.69, 9.17) is 5.73 Å². The highest BCUT2D eigenvalue weighted by molar-refractivity contribution is 7.17. The first-order chi connectivity index (χ1) is 23.1. The van der Waals surface area contributed by atoms with Crippen LogP contribution in [0.3, 0.4) is 0 Å². The second-order valence-electron chi connectivity index (χ2n) is 12.8. The van der Waals surface area contributed by atoms with Gasteiger partial charge in [-0.25, -0.2) is 14.4 Å². The smallest absolute Gasteiger partial charge is 0.266 e. The summed E-state index contributed by atoms with van der Waals surface area (Å²) in [5.74, 6) is -1.39. The Labute approximate surface area is 280 Å². The molecule has 0 spiro atoms. The van der Waals surface area contributed by atoms with Crippen molar-refractivity contribution in [3.63, 3.8) is 0 Å². The first-order valence-electron chi connectivity index (χ1n) is 16.0. The molecule has 0 unspecified atom stereocenters.